The SMILES string of the molecule is N#C[I-]OS(=O)(=O)C(F)(F)F. The van der Waals surface area contributed by atoms with E-state index in [9.17, 15) is 21.6 Å². The van der Waals surface area contributed by atoms with Gasteiger partial charge in [0.15, 0.2) is 0 Å². The van der Waals surface area contributed by atoms with Gasteiger partial charge >= 0.3 is 70.7 Å². The van der Waals surface area contributed by atoms with Crippen molar-refractivity contribution in [2.45, 2.75) is 5.51 Å². The predicted molar refractivity (Wildman–Crippen MR) is 21.7 cm³/mol. The van der Waals surface area contributed by atoms with Crippen LogP contribution in [-0.2, 0) is 12.6 Å². The standard InChI is InChI=1S/C2F3INO3S/c3-2(4,5)11(8,9)10-6-1-7/q-1. The van der Waals surface area contributed by atoms with E-state index in [2.05, 4.69) is 2.51 Å². The summed E-state index contributed by atoms with van der Waals surface area (Å²) in [6, 6.07) is 0. The van der Waals surface area contributed by atoms with Crippen LogP contribution in [0.25, 0.3) is 0 Å². The Bertz CT molecular complexity index is 263. The van der Waals surface area contributed by atoms with Crippen LogP contribution < -0.4 is 21.6 Å². The van der Waals surface area contributed by atoms with E-state index in [0.29, 0.717) is 0 Å². The van der Waals surface area contributed by atoms with Crippen molar-refractivity contribution in [1.29, 1.82) is 5.26 Å². The molecular weight excluding hydrogens is 302 g/mol. The Labute approximate surface area is 70.9 Å². The van der Waals surface area contributed by atoms with E-state index in [1.807, 2.05) is 0 Å². The first-order valence-electron chi connectivity index (χ1n) is 1.84. The average Bonchev–Trinajstić information content (AvgIpc) is 1.81. The summed E-state index contributed by atoms with van der Waals surface area (Å²) in [6.45, 7) is 0. The molecule has 0 unspecified atom stereocenters. The van der Waals surface area contributed by atoms with Crippen LogP contribution in [0.5, 0.6) is 0 Å². The molecule has 0 radical (unpaired) electrons. The van der Waals surface area contributed by atoms with Crippen LogP contribution in [0.15, 0.2) is 0 Å². The summed E-state index contributed by atoms with van der Waals surface area (Å²) in [6.07, 6.45) is 0. The number of hydrogen-bond donors (Lipinski definition) is 0. The molecule has 4 nitrogen and oxygen atoms in total. The molecular formula is C2F3INO3S-. The number of rotatable bonds is 2. The fourth-order valence-electron chi connectivity index (χ4n) is 0.0913. The molecule has 0 saturated carbocycles. The predicted octanol–water partition coefficient (Wildman–Crippen LogP) is -2.66. The maximum absolute atomic E-state index is 11.4. The van der Waals surface area contributed by atoms with Crippen molar-refractivity contribution in [2.75, 3.05) is 0 Å². The molecule has 0 spiro atoms. The molecule has 0 heterocycles. The molecule has 0 atom stereocenters. The molecule has 0 aromatic rings. The molecule has 0 aliphatic rings. The van der Waals surface area contributed by atoms with Crippen molar-refractivity contribution in [3.05, 3.63) is 0 Å². The number of hydrogen-bond acceptors (Lipinski definition) is 4. The van der Waals surface area contributed by atoms with E-state index in [0.717, 1.165) is 0 Å². The third kappa shape index (κ3) is 3.21. The Hall–Kier alpha value is -0.0800. The van der Waals surface area contributed by atoms with Crippen LogP contribution in [0, 0.1) is 9.34 Å². The Kier molecular flexibility index (Phi) is 3.52. The molecule has 0 aliphatic heterocycles. The van der Waals surface area contributed by atoms with Crippen molar-refractivity contribution in [3.63, 3.8) is 0 Å². The minimum atomic E-state index is -5.53. The first-order chi connectivity index (χ1) is 4.81. The van der Waals surface area contributed by atoms with E-state index in [1.54, 1.807) is 0 Å². The van der Waals surface area contributed by atoms with Gasteiger partial charge in [-0.3, -0.25) is 0 Å². The second-order valence-corrected chi connectivity index (χ2v) is 4.62. The average molecular weight is 302 g/mol. The molecule has 9 heteroatoms. The zero-order valence-electron chi connectivity index (χ0n) is 4.59. The van der Waals surface area contributed by atoms with Gasteiger partial charge in [-0.05, 0) is 0 Å². The zero-order valence-corrected chi connectivity index (χ0v) is 7.57. The summed E-state index contributed by atoms with van der Waals surface area (Å²) in [4.78, 5) is 0. The van der Waals surface area contributed by atoms with E-state index in [4.69, 9.17) is 5.26 Å². The molecule has 11 heavy (non-hydrogen) atoms. The van der Waals surface area contributed by atoms with E-state index >= 15 is 0 Å². The second-order valence-electron chi connectivity index (χ2n) is 1.12. The summed E-state index contributed by atoms with van der Waals surface area (Å²) >= 11 is -2.03. The third-order valence-electron chi connectivity index (χ3n) is 0.432. The van der Waals surface area contributed by atoms with E-state index < -0.39 is 37.2 Å². The molecule has 0 aliphatic carbocycles. The summed E-state index contributed by atoms with van der Waals surface area (Å²) in [5, 5.41) is 7.74. The number of halogens is 4. The Morgan fingerprint density at radius 1 is 1.45 bits per heavy atom. The van der Waals surface area contributed by atoms with Crippen LogP contribution >= 0.6 is 0 Å². The fraction of sp³-hybridized carbons (Fsp3) is 0.500. The topological polar surface area (TPSA) is 67.2 Å². The van der Waals surface area contributed by atoms with Gasteiger partial charge in [-0.2, -0.15) is 0 Å². The molecule has 0 saturated heterocycles. The van der Waals surface area contributed by atoms with Crippen LogP contribution in [0.3, 0.4) is 0 Å². The monoisotopic (exact) mass is 302 g/mol. The molecule has 0 fully saturated rings. The summed E-state index contributed by atoms with van der Waals surface area (Å²) < 4.78 is 58.5. The molecule has 0 aromatic carbocycles. The van der Waals surface area contributed by atoms with Gasteiger partial charge in [0.05, 0.1) is 0 Å². The van der Waals surface area contributed by atoms with Gasteiger partial charge in [0.1, 0.15) is 0 Å². The third-order valence-corrected chi connectivity index (χ3v) is 3.38. The van der Waals surface area contributed by atoms with Gasteiger partial charge < -0.3 is 0 Å². The molecule has 0 amide bonds. The van der Waals surface area contributed by atoms with Crippen molar-refractivity contribution in [1.82, 2.24) is 0 Å². The van der Waals surface area contributed by atoms with Crippen LogP contribution in [0.1, 0.15) is 0 Å². The molecule has 0 N–H and O–H groups in total. The summed E-state index contributed by atoms with van der Waals surface area (Å²) in [5.74, 6) is 0. The van der Waals surface area contributed by atoms with Gasteiger partial charge in [-0.25, -0.2) is 0 Å². The molecule has 0 rings (SSSR count). The number of nitriles is 1. The Morgan fingerprint density at radius 3 is 2.18 bits per heavy atom. The number of nitrogens with zero attached hydrogens (tertiary/aromatic N) is 1. The van der Waals surface area contributed by atoms with Gasteiger partial charge in [-0.15, -0.1) is 0 Å². The van der Waals surface area contributed by atoms with Crippen LogP contribution in [-0.4, -0.2) is 13.9 Å². The van der Waals surface area contributed by atoms with Gasteiger partial charge in [-0.1, -0.05) is 0 Å². The van der Waals surface area contributed by atoms with Gasteiger partial charge in [0.2, 0.25) is 0 Å². The van der Waals surface area contributed by atoms with Crippen molar-refractivity contribution >= 4 is 10.1 Å². The van der Waals surface area contributed by atoms with Crippen molar-refractivity contribution < 1.29 is 45.7 Å². The van der Waals surface area contributed by atoms with Crippen LogP contribution in [0.4, 0.5) is 13.2 Å². The molecule has 0 bridgehead atoms. The van der Waals surface area contributed by atoms with Crippen molar-refractivity contribution in [2.24, 2.45) is 0 Å². The van der Waals surface area contributed by atoms with Gasteiger partial charge in [0.25, 0.3) is 0 Å². The zero-order chi connectivity index (χ0) is 9.12. The first kappa shape index (κ1) is 10.9. The first-order valence-corrected chi connectivity index (χ1v) is 5.21. The van der Waals surface area contributed by atoms with E-state index in [-0.39, 0.29) is 0 Å². The Balaban J connectivity index is 4.41. The summed E-state index contributed by atoms with van der Waals surface area (Å²) in [5.41, 5.74) is -5.43. The van der Waals surface area contributed by atoms with Crippen LogP contribution in [0.2, 0.25) is 0 Å². The number of alkyl halides is 3. The van der Waals surface area contributed by atoms with Gasteiger partial charge in [0, 0.05) is 0 Å². The fourth-order valence-corrected chi connectivity index (χ4v) is 1.84. The second kappa shape index (κ2) is 3.55. The van der Waals surface area contributed by atoms with Crippen molar-refractivity contribution in [3.8, 4) is 4.08 Å². The normalized spacial score (nSPS) is 12.9. The minimum absolute atomic E-state index is 1.20. The molecule has 66 valence electrons. The summed E-state index contributed by atoms with van der Waals surface area (Å²) in [7, 11) is -5.53. The molecule has 0 aromatic heterocycles. The maximum atomic E-state index is 11.4. The quantitative estimate of drug-likeness (QED) is 0.412. The Morgan fingerprint density at radius 2 is 1.91 bits per heavy atom. The van der Waals surface area contributed by atoms with E-state index in [1.165, 1.54) is 4.08 Å².